The Labute approximate surface area is 185 Å². The van der Waals surface area contributed by atoms with Gasteiger partial charge in [-0.1, -0.05) is 25.1 Å². The van der Waals surface area contributed by atoms with Crippen LogP contribution in [0.3, 0.4) is 0 Å². The number of amides is 4. The first kappa shape index (κ1) is 20.4. The molecule has 32 heavy (non-hydrogen) atoms. The lowest BCUT2D eigenvalue weighted by atomic mass is 9.76. The zero-order chi connectivity index (χ0) is 22.8. The first-order valence-corrected chi connectivity index (χ1v) is 10.7. The van der Waals surface area contributed by atoms with Gasteiger partial charge in [0, 0.05) is 37.0 Å². The van der Waals surface area contributed by atoms with Gasteiger partial charge in [0.15, 0.2) is 0 Å². The molecule has 2 N–H and O–H groups in total. The van der Waals surface area contributed by atoms with E-state index < -0.39 is 17.4 Å². The minimum absolute atomic E-state index is 0.207. The molecule has 5 rings (SSSR count). The van der Waals surface area contributed by atoms with Crippen molar-refractivity contribution in [2.45, 2.75) is 31.8 Å². The number of carbonyl (C=O) groups is 4. The monoisotopic (exact) mass is 432 g/mol. The number of para-hydroxylation sites is 1. The highest BCUT2D eigenvalue weighted by Gasteiger charge is 2.71. The van der Waals surface area contributed by atoms with Gasteiger partial charge < -0.3 is 10.2 Å². The summed E-state index contributed by atoms with van der Waals surface area (Å²) in [6.07, 6.45) is 0.608. The van der Waals surface area contributed by atoms with Crippen LogP contribution in [-0.2, 0) is 24.7 Å². The maximum Gasteiger partial charge on any atom is 0.252 e. The second-order valence-corrected chi connectivity index (χ2v) is 8.59. The van der Waals surface area contributed by atoms with E-state index in [-0.39, 0.29) is 29.7 Å². The quantitative estimate of drug-likeness (QED) is 0.723. The van der Waals surface area contributed by atoms with Gasteiger partial charge in [0.25, 0.3) is 5.91 Å². The van der Waals surface area contributed by atoms with E-state index in [0.29, 0.717) is 17.8 Å². The largest absolute Gasteiger partial charge is 0.326 e. The predicted molar refractivity (Wildman–Crippen MR) is 119 cm³/mol. The molecule has 2 aromatic carbocycles. The number of nitrogens with one attached hydrogen (secondary N) is 2. The molecule has 4 amide bonds. The number of likely N-dealkylation sites (N-methyl/N-ethyl adjacent to an activating group) is 1. The fourth-order valence-electron chi connectivity index (χ4n) is 5.56. The molecule has 164 valence electrons. The van der Waals surface area contributed by atoms with Crippen LogP contribution in [0.25, 0.3) is 0 Å². The molecule has 2 aromatic rings. The van der Waals surface area contributed by atoms with Crippen LogP contribution in [0.1, 0.15) is 25.8 Å². The zero-order valence-electron chi connectivity index (χ0n) is 18.1. The van der Waals surface area contributed by atoms with Crippen molar-refractivity contribution in [3.8, 4) is 0 Å². The summed E-state index contributed by atoms with van der Waals surface area (Å²) in [5, 5.41) is 6.09. The number of benzene rings is 2. The zero-order valence-corrected chi connectivity index (χ0v) is 18.1. The van der Waals surface area contributed by atoms with Crippen molar-refractivity contribution in [3.05, 3.63) is 54.1 Å². The van der Waals surface area contributed by atoms with Gasteiger partial charge in [-0.3, -0.25) is 24.5 Å². The molecule has 1 spiro atoms. The molecule has 2 saturated heterocycles. The number of rotatable bonds is 3. The lowest BCUT2D eigenvalue weighted by molar-refractivity contribution is -0.131. The SMILES string of the molecule is CCC1NC2(C(=O)N(C)c3ccccc32)C2C(=O)N(c3ccc(NC(C)=O)cc3)C(=O)C12. The van der Waals surface area contributed by atoms with Crippen LogP contribution < -0.4 is 20.4 Å². The van der Waals surface area contributed by atoms with Crippen LogP contribution in [0.4, 0.5) is 17.1 Å². The third kappa shape index (κ3) is 2.53. The summed E-state index contributed by atoms with van der Waals surface area (Å²) in [5.41, 5.74) is 1.24. The van der Waals surface area contributed by atoms with Gasteiger partial charge in [-0.15, -0.1) is 0 Å². The molecule has 8 heteroatoms. The molecule has 0 bridgehead atoms. The number of hydrogen-bond acceptors (Lipinski definition) is 5. The Hall–Kier alpha value is -3.52. The van der Waals surface area contributed by atoms with Crippen LogP contribution in [0.2, 0.25) is 0 Å². The van der Waals surface area contributed by atoms with Crippen LogP contribution in [0, 0.1) is 11.8 Å². The summed E-state index contributed by atoms with van der Waals surface area (Å²) in [4.78, 5) is 54.9. The molecule has 0 saturated carbocycles. The van der Waals surface area contributed by atoms with Crippen molar-refractivity contribution in [3.63, 3.8) is 0 Å². The van der Waals surface area contributed by atoms with Crippen LogP contribution >= 0.6 is 0 Å². The average Bonchev–Trinajstić information content (AvgIpc) is 3.34. The Morgan fingerprint density at radius 3 is 2.41 bits per heavy atom. The van der Waals surface area contributed by atoms with E-state index in [4.69, 9.17) is 0 Å². The molecule has 2 fully saturated rings. The lowest BCUT2D eigenvalue weighted by Gasteiger charge is -2.30. The van der Waals surface area contributed by atoms with E-state index >= 15 is 0 Å². The number of nitrogens with zero attached hydrogens (tertiary/aromatic N) is 2. The predicted octanol–water partition coefficient (Wildman–Crippen LogP) is 2.00. The minimum Gasteiger partial charge on any atom is -0.326 e. The second-order valence-electron chi connectivity index (χ2n) is 8.59. The van der Waals surface area contributed by atoms with Gasteiger partial charge in [0.05, 0.1) is 17.5 Å². The van der Waals surface area contributed by atoms with Crippen molar-refractivity contribution < 1.29 is 19.2 Å². The molecule has 0 aliphatic carbocycles. The maximum absolute atomic E-state index is 13.8. The van der Waals surface area contributed by atoms with Gasteiger partial charge in [-0.2, -0.15) is 0 Å². The number of hydrogen-bond donors (Lipinski definition) is 2. The van der Waals surface area contributed by atoms with Crippen molar-refractivity contribution in [2.75, 3.05) is 22.2 Å². The van der Waals surface area contributed by atoms with Gasteiger partial charge in [-0.25, -0.2) is 4.90 Å². The van der Waals surface area contributed by atoms with Crippen LogP contribution in [-0.4, -0.2) is 36.7 Å². The third-order valence-corrected chi connectivity index (χ3v) is 6.88. The molecule has 0 aromatic heterocycles. The van der Waals surface area contributed by atoms with Gasteiger partial charge >= 0.3 is 0 Å². The Bertz CT molecular complexity index is 1160. The topological polar surface area (TPSA) is 98.8 Å². The third-order valence-electron chi connectivity index (χ3n) is 6.88. The van der Waals surface area contributed by atoms with Crippen molar-refractivity contribution in [1.29, 1.82) is 0 Å². The average molecular weight is 432 g/mol. The fourth-order valence-corrected chi connectivity index (χ4v) is 5.56. The fraction of sp³-hybridized carbons (Fsp3) is 0.333. The lowest BCUT2D eigenvalue weighted by Crippen LogP contribution is -2.54. The van der Waals surface area contributed by atoms with Crippen molar-refractivity contribution >= 4 is 40.7 Å². The van der Waals surface area contributed by atoms with Gasteiger partial charge in [-0.05, 0) is 36.8 Å². The molecule has 8 nitrogen and oxygen atoms in total. The summed E-state index contributed by atoms with van der Waals surface area (Å²) < 4.78 is 0. The number of anilines is 3. The highest BCUT2D eigenvalue weighted by atomic mass is 16.2. The Kier molecular flexibility index (Phi) is 4.46. The molecule has 0 radical (unpaired) electrons. The number of fused-ring (bicyclic) bond motifs is 4. The molecular formula is C24H24N4O4. The van der Waals surface area contributed by atoms with E-state index in [2.05, 4.69) is 10.6 Å². The first-order valence-electron chi connectivity index (χ1n) is 10.7. The summed E-state index contributed by atoms with van der Waals surface area (Å²) in [5.74, 6) is -2.56. The van der Waals surface area contributed by atoms with Crippen LogP contribution in [0.5, 0.6) is 0 Å². The van der Waals surface area contributed by atoms with Gasteiger partial charge in [0.2, 0.25) is 17.7 Å². The molecule has 4 atom stereocenters. The standard InChI is InChI=1S/C24H24N4O4/c1-4-17-19-20(24(26-17)16-7-5-6-8-18(16)27(3)23(24)32)22(31)28(21(19)30)15-11-9-14(10-12-15)25-13(2)29/h5-12,17,19-20,26H,4H2,1-3H3,(H,25,29). The van der Waals surface area contributed by atoms with Crippen LogP contribution in [0.15, 0.2) is 48.5 Å². The van der Waals surface area contributed by atoms with Crippen molar-refractivity contribution in [1.82, 2.24) is 5.32 Å². The summed E-state index contributed by atoms with van der Waals surface area (Å²) >= 11 is 0. The van der Waals surface area contributed by atoms with E-state index in [0.717, 1.165) is 11.3 Å². The molecular weight excluding hydrogens is 408 g/mol. The minimum atomic E-state index is -1.26. The summed E-state index contributed by atoms with van der Waals surface area (Å²) in [6, 6.07) is 13.7. The maximum atomic E-state index is 13.8. The molecule has 4 unspecified atom stereocenters. The van der Waals surface area contributed by atoms with E-state index in [1.54, 1.807) is 36.2 Å². The smallest absolute Gasteiger partial charge is 0.252 e. The molecule has 3 aliphatic heterocycles. The second kappa shape index (κ2) is 7.00. The first-order chi connectivity index (χ1) is 15.3. The van der Waals surface area contributed by atoms with Gasteiger partial charge in [0.1, 0.15) is 5.54 Å². The Balaban J connectivity index is 1.60. The highest BCUT2D eigenvalue weighted by Crippen LogP contribution is 2.55. The normalized spacial score (nSPS) is 28.5. The highest BCUT2D eigenvalue weighted by molar-refractivity contribution is 6.26. The Morgan fingerprint density at radius 2 is 1.75 bits per heavy atom. The molecule has 3 heterocycles. The Morgan fingerprint density at radius 1 is 1.06 bits per heavy atom. The van der Waals surface area contributed by atoms with E-state index in [9.17, 15) is 19.2 Å². The summed E-state index contributed by atoms with van der Waals surface area (Å²) in [7, 11) is 1.70. The van der Waals surface area contributed by atoms with E-state index in [1.165, 1.54) is 11.8 Å². The number of carbonyl (C=O) groups excluding carboxylic acids is 4. The molecule has 3 aliphatic rings. The summed E-state index contributed by atoms with van der Waals surface area (Å²) in [6.45, 7) is 3.36. The van der Waals surface area contributed by atoms with Crippen molar-refractivity contribution in [2.24, 2.45) is 11.8 Å². The number of imide groups is 1. The van der Waals surface area contributed by atoms with E-state index in [1.807, 2.05) is 31.2 Å².